The van der Waals surface area contributed by atoms with Gasteiger partial charge < -0.3 is 10.3 Å². The van der Waals surface area contributed by atoms with Crippen LogP contribution >= 0.6 is 12.0 Å². The van der Waals surface area contributed by atoms with Gasteiger partial charge in [0.25, 0.3) is 0 Å². The first-order valence-corrected chi connectivity index (χ1v) is 9.36. The highest BCUT2D eigenvalue weighted by atomic mass is 32.2. The normalized spacial score (nSPS) is 11.7. The van der Waals surface area contributed by atoms with Crippen LogP contribution in [-0.2, 0) is 6.42 Å². The molecule has 0 atom stereocenters. The summed E-state index contributed by atoms with van der Waals surface area (Å²) in [4.78, 5) is 4.97. The number of benzene rings is 1. The van der Waals surface area contributed by atoms with Crippen LogP contribution in [0.25, 0.3) is 0 Å². The van der Waals surface area contributed by atoms with Gasteiger partial charge in [-0.05, 0) is 67.7 Å². The monoisotopic (exact) mass is 374 g/mol. The Morgan fingerprint density at radius 3 is 2.46 bits per heavy atom. The van der Waals surface area contributed by atoms with Crippen molar-refractivity contribution in [3.8, 4) is 0 Å². The van der Waals surface area contributed by atoms with Gasteiger partial charge in [0.05, 0.1) is 5.69 Å². The number of rotatable bonds is 6. The van der Waals surface area contributed by atoms with Crippen molar-refractivity contribution in [3.63, 3.8) is 0 Å². The van der Waals surface area contributed by atoms with E-state index < -0.39 is 0 Å². The fourth-order valence-corrected chi connectivity index (χ4v) is 2.69. The highest BCUT2D eigenvalue weighted by Crippen LogP contribution is 2.25. The predicted octanol–water partition coefficient (Wildman–Crippen LogP) is 6.18. The van der Waals surface area contributed by atoms with Crippen LogP contribution in [0.2, 0.25) is 0 Å². The molecule has 0 amide bonds. The highest BCUT2D eigenvalue weighted by molar-refractivity contribution is 7.97. The van der Waals surface area contributed by atoms with E-state index in [1.807, 2.05) is 26.0 Å². The summed E-state index contributed by atoms with van der Waals surface area (Å²) in [6.45, 7) is 5.96. The second-order valence-electron chi connectivity index (χ2n) is 5.82. The maximum absolute atomic E-state index is 12.5. The Balaban J connectivity index is 0.000000314. The zero-order chi connectivity index (χ0) is 19.4. The molecule has 1 heterocycles. The summed E-state index contributed by atoms with van der Waals surface area (Å²) in [6, 6.07) is 8.75. The third-order valence-corrected chi connectivity index (χ3v) is 4.31. The molecule has 0 spiro atoms. The van der Waals surface area contributed by atoms with Crippen molar-refractivity contribution in [1.29, 1.82) is 0 Å². The minimum absolute atomic E-state index is 0.209. The second kappa shape index (κ2) is 12.3. The number of halogens is 1. The first-order valence-electron chi connectivity index (χ1n) is 8.59. The standard InChI is InChI=1S/C14H19NOS.C7H8FN/c1-3-5-6-14(17-16)13(4-2)11-12-7-9-15-10-8-12;1-5-2-3-7(9)6(8)4-5/h4,6-10,16H,3,5,11H2,1-2H3;2-4H,9H2,1H3/b13-4-,14-6+;. The highest BCUT2D eigenvalue weighted by Gasteiger charge is 2.05. The maximum Gasteiger partial charge on any atom is 0.146 e. The average Bonchev–Trinajstić information content (AvgIpc) is 2.66. The van der Waals surface area contributed by atoms with E-state index in [1.54, 1.807) is 24.5 Å². The number of aryl methyl sites for hydroxylation is 1. The van der Waals surface area contributed by atoms with E-state index in [1.165, 1.54) is 11.6 Å². The fourth-order valence-electron chi connectivity index (χ4n) is 2.19. The number of nitrogen functional groups attached to an aromatic ring is 1. The molecule has 140 valence electrons. The summed E-state index contributed by atoms with van der Waals surface area (Å²) in [5.41, 5.74) is 8.69. The van der Waals surface area contributed by atoms with Gasteiger partial charge in [0.1, 0.15) is 5.82 Å². The van der Waals surface area contributed by atoms with Gasteiger partial charge in [-0.2, -0.15) is 0 Å². The lowest BCUT2D eigenvalue weighted by Gasteiger charge is -2.08. The molecule has 26 heavy (non-hydrogen) atoms. The average molecular weight is 375 g/mol. The summed E-state index contributed by atoms with van der Waals surface area (Å²) in [7, 11) is 0. The van der Waals surface area contributed by atoms with Gasteiger partial charge in [-0.1, -0.05) is 31.6 Å². The Labute approximate surface area is 160 Å². The zero-order valence-electron chi connectivity index (χ0n) is 15.6. The molecule has 3 N–H and O–H groups in total. The van der Waals surface area contributed by atoms with Gasteiger partial charge in [-0.15, -0.1) is 0 Å². The lowest BCUT2D eigenvalue weighted by atomic mass is 10.1. The number of pyridine rings is 1. The summed E-state index contributed by atoms with van der Waals surface area (Å²) in [5, 5.41) is 0. The van der Waals surface area contributed by atoms with E-state index in [9.17, 15) is 8.94 Å². The number of unbranched alkanes of at least 4 members (excludes halogenated alkanes) is 1. The van der Waals surface area contributed by atoms with Crippen molar-refractivity contribution >= 4 is 17.7 Å². The van der Waals surface area contributed by atoms with Crippen LogP contribution in [0.1, 0.15) is 37.8 Å². The molecule has 3 nitrogen and oxygen atoms in total. The van der Waals surface area contributed by atoms with Crippen LogP contribution in [0.3, 0.4) is 0 Å². The number of anilines is 1. The van der Waals surface area contributed by atoms with Crippen molar-refractivity contribution < 1.29 is 8.94 Å². The molecule has 0 aliphatic rings. The van der Waals surface area contributed by atoms with Gasteiger partial charge in [-0.25, -0.2) is 4.39 Å². The smallest absolute Gasteiger partial charge is 0.146 e. The SMILES string of the molecule is C/C=C(Cc1ccncc1)\C(=C/CCC)SO.Cc1ccc(N)c(F)c1. The first-order chi connectivity index (χ1) is 12.5. The summed E-state index contributed by atoms with van der Waals surface area (Å²) in [6.07, 6.45) is 10.7. The molecule has 2 rings (SSSR count). The van der Waals surface area contributed by atoms with Crippen LogP contribution < -0.4 is 5.73 Å². The van der Waals surface area contributed by atoms with Crippen LogP contribution in [0, 0.1) is 12.7 Å². The Hall–Kier alpha value is -2.11. The molecular formula is C21H27FN2OS. The zero-order valence-corrected chi connectivity index (χ0v) is 16.4. The van der Waals surface area contributed by atoms with E-state index >= 15 is 0 Å². The van der Waals surface area contributed by atoms with Crippen LogP contribution in [0.5, 0.6) is 0 Å². The number of hydrogen-bond donors (Lipinski definition) is 2. The van der Waals surface area contributed by atoms with Crippen LogP contribution in [-0.4, -0.2) is 9.54 Å². The van der Waals surface area contributed by atoms with Crippen molar-refractivity contribution in [2.24, 2.45) is 0 Å². The largest absolute Gasteiger partial charge is 0.396 e. The molecule has 1 aromatic heterocycles. The number of allylic oxidation sites excluding steroid dienone is 3. The molecule has 2 aromatic rings. The van der Waals surface area contributed by atoms with E-state index in [2.05, 4.69) is 24.1 Å². The number of nitrogens with zero attached hydrogens (tertiary/aromatic N) is 1. The van der Waals surface area contributed by atoms with Gasteiger partial charge in [0, 0.05) is 29.3 Å². The minimum Gasteiger partial charge on any atom is -0.396 e. The van der Waals surface area contributed by atoms with Gasteiger partial charge in [0.15, 0.2) is 0 Å². The fraction of sp³-hybridized carbons (Fsp3) is 0.286. The molecular weight excluding hydrogens is 347 g/mol. The Kier molecular flexibility index (Phi) is 10.4. The molecule has 0 saturated heterocycles. The van der Waals surface area contributed by atoms with E-state index in [0.29, 0.717) is 0 Å². The van der Waals surface area contributed by atoms with Gasteiger partial charge in [-0.3, -0.25) is 4.98 Å². The Morgan fingerprint density at radius 2 is 1.96 bits per heavy atom. The number of hydrogen-bond acceptors (Lipinski definition) is 4. The number of aromatic nitrogens is 1. The lowest BCUT2D eigenvalue weighted by molar-refractivity contribution is 0.631. The minimum atomic E-state index is -0.338. The van der Waals surface area contributed by atoms with Crippen molar-refractivity contribution in [2.75, 3.05) is 5.73 Å². The third-order valence-electron chi connectivity index (χ3n) is 3.68. The second-order valence-corrected chi connectivity index (χ2v) is 6.44. The Bertz CT molecular complexity index is 730. The molecule has 0 radical (unpaired) electrons. The van der Waals surface area contributed by atoms with E-state index in [4.69, 9.17) is 5.73 Å². The lowest BCUT2D eigenvalue weighted by Crippen LogP contribution is -1.93. The third kappa shape index (κ3) is 7.85. The quantitative estimate of drug-likeness (QED) is 0.360. The molecule has 0 saturated carbocycles. The summed E-state index contributed by atoms with van der Waals surface area (Å²) in [5.74, 6) is -0.338. The molecule has 1 aromatic carbocycles. The summed E-state index contributed by atoms with van der Waals surface area (Å²) < 4.78 is 21.8. The first kappa shape index (κ1) is 21.9. The van der Waals surface area contributed by atoms with E-state index in [-0.39, 0.29) is 11.5 Å². The van der Waals surface area contributed by atoms with E-state index in [0.717, 1.165) is 47.3 Å². The van der Waals surface area contributed by atoms with Gasteiger partial charge in [0.2, 0.25) is 0 Å². The predicted molar refractivity (Wildman–Crippen MR) is 110 cm³/mol. The Morgan fingerprint density at radius 1 is 1.27 bits per heavy atom. The molecule has 0 bridgehead atoms. The van der Waals surface area contributed by atoms with Crippen molar-refractivity contribution in [3.05, 3.63) is 82.3 Å². The molecule has 0 aliphatic carbocycles. The number of nitrogens with two attached hydrogens (primary N) is 1. The van der Waals surface area contributed by atoms with Crippen molar-refractivity contribution in [1.82, 2.24) is 4.98 Å². The van der Waals surface area contributed by atoms with Crippen LogP contribution in [0.4, 0.5) is 10.1 Å². The molecule has 0 fully saturated rings. The molecule has 5 heteroatoms. The topological polar surface area (TPSA) is 59.1 Å². The van der Waals surface area contributed by atoms with Crippen molar-refractivity contribution in [2.45, 2.75) is 40.0 Å². The van der Waals surface area contributed by atoms with Crippen LogP contribution in [0.15, 0.2) is 65.4 Å². The molecule has 0 aliphatic heterocycles. The molecule has 0 unspecified atom stereocenters. The maximum atomic E-state index is 12.5. The summed E-state index contributed by atoms with van der Waals surface area (Å²) >= 11 is 0.839. The van der Waals surface area contributed by atoms with Gasteiger partial charge >= 0.3 is 0 Å².